The molecule has 178 valence electrons. The van der Waals surface area contributed by atoms with Crippen LogP contribution in [0.15, 0.2) is 53.5 Å². The van der Waals surface area contributed by atoms with Crippen molar-refractivity contribution in [2.75, 3.05) is 33.3 Å². The molecule has 0 aromatic heterocycles. The normalized spacial score (nSPS) is 18.4. The second-order valence-corrected chi connectivity index (χ2v) is 8.61. The minimum atomic E-state index is 0. The standard InChI is InChI=1S/C26H34N4O2.HI/c1-3-27-26(30-16-14-23(19-30)22-10-12-24(32-2)13-11-22)28-17-20-6-8-21(9-7-20)18-29-15-4-5-25(29)31;/h6-13,23H,3-5,14-19H2,1-2H3,(H,27,28);1H. The van der Waals surface area contributed by atoms with E-state index in [2.05, 4.69) is 53.5 Å². The van der Waals surface area contributed by atoms with Crippen molar-refractivity contribution < 1.29 is 9.53 Å². The number of hydrogen-bond donors (Lipinski definition) is 1. The van der Waals surface area contributed by atoms with Crippen molar-refractivity contribution in [2.45, 2.75) is 45.2 Å². The fraction of sp³-hybridized carbons (Fsp3) is 0.462. The van der Waals surface area contributed by atoms with E-state index in [-0.39, 0.29) is 29.9 Å². The molecule has 0 aliphatic carbocycles. The maximum absolute atomic E-state index is 11.8. The maximum Gasteiger partial charge on any atom is 0.222 e. The Morgan fingerprint density at radius 1 is 1.09 bits per heavy atom. The maximum atomic E-state index is 11.8. The number of ether oxygens (including phenoxy) is 1. The zero-order valence-electron chi connectivity index (χ0n) is 19.6. The lowest BCUT2D eigenvalue weighted by molar-refractivity contribution is -0.128. The van der Waals surface area contributed by atoms with Crippen molar-refractivity contribution in [3.05, 3.63) is 65.2 Å². The molecule has 2 fully saturated rings. The Morgan fingerprint density at radius 2 is 1.82 bits per heavy atom. The van der Waals surface area contributed by atoms with Crippen LogP contribution in [0, 0.1) is 0 Å². The number of aliphatic imine (C=N–C) groups is 1. The van der Waals surface area contributed by atoms with Crippen molar-refractivity contribution in [2.24, 2.45) is 4.99 Å². The first-order chi connectivity index (χ1) is 15.7. The zero-order valence-corrected chi connectivity index (χ0v) is 22.0. The van der Waals surface area contributed by atoms with Gasteiger partial charge in [0.05, 0.1) is 13.7 Å². The molecule has 0 saturated carbocycles. The molecule has 2 aliphatic heterocycles. The molecule has 2 heterocycles. The third-order valence-corrected chi connectivity index (χ3v) is 6.39. The number of carbonyl (C=O) groups is 1. The van der Waals surface area contributed by atoms with Gasteiger partial charge in [0.25, 0.3) is 0 Å². The van der Waals surface area contributed by atoms with E-state index >= 15 is 0 Å². The quantitative estimate of drug-likeness (QED) is 0.309. The molecule has 0 radical (unpaired) electrons. The summed E-state index contributed by atoms with van der Waals surface area (Å²) in [6, 6.07) is 16.9. The number of carbonyl (C=O) groups excluding carboxylic acids is 1. The van der Waals surface area contributed by atoms with Gasteiger partial charge in [-0.05, 0) is 48.6 Å². The molecule has 1 unspecified atom stereocenters. The van der Waals surface area contributed by atoms with Crippen LogP contribution in [0.1, 0.15) is 48.8 Å². The molecule has 33 heavy (non-hydrogen) atoms. The van der Waals surface area contributed by atoms with Crippen LogP contribution >= 0.6 is 24.0 Å². The smallest absolute Gasteiger partial charge is 0.222 e. The summed E-state index contributed by atoms with van der Waals surface area (Å²) in [4.78, 5) is 21.1. The number of rotatable bonds is 7. The minimum absolute atomic E-state index is 0. The van der Waals surface area contributed by atoms with Crippen LogP contribution in [0.3, 0.4) is 0 Å². The fourth-order valence-electron chi connectivity index (χ4n) is 4.53. The van der Waals surface area contributed by atoms with E-state index in [1.54, 1.807) is 7.11 Å². The van der Waals surface area contributed by atoms with Crippen LogP contribution in [0.25, 0.3) is 0 Å². The highest BCUT2D eigenvalue weighted by Crippen LogP contribution is 2.28. The van der Waals surface area contributed by atoms with Crippen LogP contribution in [-0.2, 0) is 17.9 Å². The van der Waals surface area contributed by atoms with Crippen molar-refractivity contribution in [3.63, 3.8) is 0 Å². The number of amides is 1. The Bertz CT molecular complexity index is 930. The molecule has 2 aliphatic rings. The lowest BCUT2D eigenvalue weighted by Crippen LogP contribution is -2.40. The second-order valence-electron chi connectivity index (χ2n) is 8.61. The van der Waals surface area contributed by atoms with Gasteiger partial charge in [0.2, 0.25) is 5.91 Å². The molecule has 0 spiro atoms. The van der Waals surface area contributed by atoms with Crippen LogP contribution in [-0.4, -0.2) is 55.0 Å². The summed E-state index contributed by atoms with van der Waals surface area (Å²) >= 11 is 0. The van der Waals surface area contributed by atoms with Gasteiger partial charge in [-0.25, -0.2) is 4.99 Å². The van der Waals surface area contributed by atoms with Gasteiger partial charge in [0.1, 0.15) is 5.75 Å². The number of benzene rings is 2. The third-order valence-electron chi connectivity index (χ3n) is 6.39. The molecule has 0 bridgehead atoms. The molecule has 2 saturated heterocycles. The Kier molecular flexibility index (Phi) is 9.41. The largest absolute Gasteiger partial charge is 0.497 e. The molecule has 6 nitrogen and oxygen atoms in total. The molecule has 4 rings (SSSR count). The Labute approximate surface area is 214 Å². The van der Waals surface area contributed by atoms with Crippen molar-refractivity contribution in [3.8, 4) is 5.75 Å². The number of nitrogens with zero attached hydrogens (tertiary/aromatic N) is 3. The SMILES string of the molecule is CCNC(=NCc1ccc(CN2CCCC2=O)cc1)N1CCC(c2ccc(OC)cc2)C1.I. The first-order valence-corrected chi connectivity index (χ1v) is 11.7. The number of likely N-dealkylation sites (tertiary alicyclic amines) is 2. The van der Waals surface area contributed by atoms with Crippen LogP contribution in [0.5, 0.6) is 5.75 Å². The van der Waals surface area contributed by atoms with Crippen LogP contribution < -0.4 is 10.1 Å². The molecular weight excluding hydrogens is 527 g/mol. The van der Waals surface area contributed by atoms with Crippen LogP contribution in [0.2, 0.25) is 0 Å². The Morgan fingerprint density at radius 3 is 2.45 bits per heavy atom. The summed E-state index contributed by atoms with van der Waals surface area (Å²) in [6.45, 7) is 7.18. The fourth-order valence-corrected chi connectivity index (χ4v) is 4.53. The highest BCUT2D eigenvalue weighted by atomic mass is 127. The summed E-state index contributed by atoms with van der Waals surface area (Å²) in [5.41, 5.74) is 3.72. The van der Waals surface area contributed by atoms with Gasteiger partial charge < -0.3 is 19.9 Å². The summed E-state index contributed by atoms with van der Waals surface area (Å²) in [7, 11) is 1.70. The van der Waals surface area contributed by atoms with Gasteiger partial charge in [-0.2, -0.15) is 0 Å². The lowest BCUT2D eigenvalue weighted by atomic mass is 9.98. The van der Waals surface area contributed by atoms with Gasteiger partial charge in [-0.3, -0.25) is 4.79 Å². The average molecular weight is 562 g/mol. The first-order valence-electron chi connectivity index (χ1n) is 11.7. The zero-order chi connectivity index (χ0) is 22.3. The molecule has 1 amide bonds. The molecule has 7 heteroatoms. The average Bonchev–Trinajstić information content (AvgIpc) is 3.47. The topological polar surface area (TPSA) is 57.2 Å². The molecule has 2 aromatic rings. The van der Waals surface area contributed by atoms with Gasteiger partial charge in [0, 0.05) is 45.1 Å². The first kappa shape index (κ1) is 25.3. The number of hydrogen-bond acceptors (Lipinski definition) is 3. The van der Waals surface area contributed by atoms with E-state index < -0.39 is 0 Å². The van der Waals surface area contributed by atoms with E-state index in [4.69, 9.17) is 9.73 Å². The van der Waals surface area contributed by atoms with Gasteiger partial charge in [-0.15, -0.1) is 24.0 Å². The van der Waals surface area contributed by atoms with Gasteiger partial charge in [0.15, 0.2) is 5.96 Å². The predicted molar refractivity (Wildman–Crippen MR) is 143 cm³/mol. The highest BCUT2D eigenvalue weighted by molar-refractivity contribution is 14.0. The summed E-state index contributed by atoms with van der Waals surface area (Å²) < 4.78 is 5.29. The summed E-state index contributed by atoms with van der Waals surface area (Å²) in [5.74, 6) is 2.66. The highest BCUT2D eigenvalue weighted by Gasteiger charge is 2.26. The van der Waals surface area contributed by atoms with E-state index in [0.717, 1.165) is 50.7 Å². The third kappa shape index (κ3) is 6.62. The van der Waals surface area contributed by atoms with E-state index in [1.165, 1.54) is 16.7 Å². The monoisotopic (exact) mass is 562 g/mol. The lowest BCUT2D eigenvalue weighted by Gasteiger charge is -2.22. The minimum Gasteiger partial charge on any atom is -0.497 e. The van der Waals surface area contributed by atoms with E-state index in [0.29, 0.717) is 25.4 Å². The molecule has 1 N–H and O–H groups in total. The Hall–Kier alpha value is -2.29. The Balaban J connectivity index is 0.00000306. The van der Waals surface area contributed by atoms with E-state index in [9.17, 15) is 4.79 Å². The number of nitrogens with one attached hydrogen (secondary N) is 1. The number of guanidine groups is 1. The second kappa shape index (κ2) is 12.3. The predicted octanol–water partition coefficient (Wildman–Crippen LogP) is 4.39. The van der Waals surface area contributed by atoms with Crippen molar-refractivity contribution in [1.82, 2.24) is 15.1 Å². The number of methoxy groups -OCH3 is 1. The molecule has 1 atom stereocenters. The van der Waals surface area contributed by atoms with Gasteiger partial charge >= 0.3 is 0 Å². The molecule has 2 aromatic carbocycles. The van der Waals surface area contributed by atoms with E-state index in [1.807, 2.05) is 17.0 Å². The summed E-state index contributed by atoms with van der Waals surface area (Å²) in [5, 5.41) is 3.46. The molecular formula is C26H35IN4O2. The van der Waals surface area contributed by atoms with Gasteiger partial charge in [-0.1, -0.05) is 36.4 Å². The van der Waals surface area contributed by atoms with Crippen LogP contribution in [0.4, 0.5) is 0 Å². The summed E-state index contributed by atoms with van der Waals surface area (Å²) in [6.07, 6.45) is 2.80. The number of halogens is 1. The van der Waals surface area contributed by atoms with Crippen molar-refractivity contribution in [1.29, 1.82) is 0 Å². The van der Waals surface area contributed by atoms with Crippen molar-refractivity contribution >= 4 is 35.8 Å².